The van der Waals surface area contributed by atoms with Crippen molar-refractivity contribution in [1.29, 1.82) is 0 Å². The third-order valence-electron chi connectivity index (χ3n) is 8.68. The van der Waals surface area contributed by atoms with Crippen LogP contribution in [0, 0.1) is 5.92 Å². The minimum absolute atomic E-state index is 0.166. The van der Waals surface area contributed by atoms with Gasteiger partial charge in [0, 0.05) is 40.5 Å². The van der Waals surface area contributed by atoms with E-state index in [0.29, 0.717) is 5.92 Å². The minimum Gasteiger partial charge on any atom is -0.544 e. The van der Waals surface area contributed by atoms with Crippen molar-refractivity contribution in [2.45, 2.75) is 48.9 Å². The molecular formula is C37H34N2O3S3. The smallest absolute Gasteiger partial charge is 0.263 e. The van der Waals surface area contributed by atoms with Gasteiger partial charge >= 0.3 is 0 Å². The van der Waals surface area contributed by atoms with Crippen LogP contribution in [0.1, 0.15) is 37.6 Å². The second kappa shape index (κ2) is 13.0. The number of aromatic nitrogens is 1. The van der Waals surface area contributed by atoms with Crippen LogP contribution < -0.4 is 14.6 Å². The molecule has 3 aliphatic rings. The Kier molecular flexibility index (Phi) is 8.73. The van der Waals surface area contributed by atoms with Gasteiger partial charge in [0.05, 0.1) is 17.8 Å². The Morgan fingerprint density at radius 3 is 2.69 bits per heavy atom. The van der Waals surface area contributed by atoms with Crippen molar-refractivity contribution in [3.05, 3.63) is 112 Å². The topological polar surface area (TPSA) is 56.5 Å². The van der Waals surface area contributed by atoms with Crippen LogP contribution in [0.3, 0.4) is 0 Å². The molecule has 0 spiro atoms. The second-order valence-corrected chi connectivity index (χ2v) is 14.6. The van der Waals surface area contributed by atoms with Crippen LogP contribution in [-0.4, -0.2) is 19.6 Å². The highest BCUT2D eigenvalue weighted by atomic mass is 32.2. The van der Waals surface area contributed by atoms with Gasteiger partial charge in [-0.2, -0.15) is 4.57 Å². The van der Waals surface area contributed by atoms with E-state index in [9.17, 15) is 9.90 Å². The molecule has 1 atom stereocenters. The standard InChI is InChI=1S/C37H34N2O3S3/c1-3-38-32-22-30(45-42-2)14-16-33(32)43-35(38)19-24-9-11-27-12-10-25(18-29(27)17-24)20-36-39(23-37(40)41)31-15-13-28(21-34(31)44-36)26-7-5-4-6-8-26/h4-8,13-22,27H,3,9-12,23H2,1-2H3. The fourth-order valence-electron chi connectivity index (χ4n) is 6.53. The average Bonchev–Trinajstić information content (AvgIpc) is 3.56. The number of carbonyl (C=O) groups excluding carboxylic acids is 1. The molecule has 2 aliphatic carbocycles. The molecule has 1 aliphatic heterocycles. The van der Waals surface area contributed by atoms with Crippen molar-refractivity contribution >= 4 is 63.1 Å². The highest BCUT2D eigenvalue weighted by molar-refractivity contribution is 8.03. The minimum atomic E-state index is -1.08. The first kappa shape index (κ1) is 30.1. The van der Waals surface area contributed by atoms with Gasteiger partial charge < -0.3 is 19.0 Å². The molecule has 0 amide bonds. The highest BCUT2D eigenvalue weighted by Crippen LogP contribution is 2.48. The first-order valence-electron chi connectivity index (χ1n) is 15.3. The number of carboxylic acid groups (broad SMARTS) is 1. The Labute approximate surface area is 276 Å². The van der Waals surface area contributed by atoms with Gasteiger partial charge in [-0.3, -0.25) is 0 Å². The number of carboxylic acids is 1. The lowest BCUT2D eigenvalue weighted by molar-refractivity contribution is -0.663. The molecule has 0 saturated heterocycles. The van der Waals surface area contributed by atoms with Crippen molar-refractivity contribution in [1.82, 2.24) is 0 Å². The number of anilines is 1. The van der Waals surface area contributed by atoms with Gasteiger partial charge in [0.25, 0.3) is 5.01 Å². The van der Waals surface area contributed by atoms with E-state index in [4.69, 9.17) is 4.18 Å². The van der Waals surface area contributed by atoms with Crippen molar-refractivity contribution in [2.75, 3.05) is 18.6 Å². The van der Waals surface area contributed by atoms with E-state index in [1.165, 1.54) is 44.4 Å². The molecule has 4 aromatic rings. The number of hydrogen-bond acceptors (Lipinski definition) is 7. The van der Waals surface area contributed by atoms with Gasteiger partial charge in [0.15, 0.2) is 6.54 Å². The van der Waals surface area contributed by atoms with Crippen LogP contribution in [0.2, 0.25) is 0 Å². The molecule has 5 nitrogen and oxygen atoms in total. The Balaban J connectivity index is 1.20. The summed E-state index contributed by atoms with van der Waals surface area (Å²) in [6.07, 6.45) is 13.6. The van der Waals surface area contributed by atoms with Crippen LogP contribution in [0.4, 0.5) is 5.69 Å². The molecular weight excluding hydrogens is 617 g/mol. The predicted molar refractivity (Wildman–Crippen MR) is 185 cm³/mol. The van der Waals surface area contributed by atoms with Crippen LogP contribution in [0.25, 0.3) is 27.4 Å². The quantitative estimate of drug-likeness (QED) is 0.142. The number of nitrogens with zero attached hydrogens (tertiary/aromatic N) is 2. The number of rotatable bonds is 8. The SMILES string of the molecule is CCN1/C(=C/C2=CC3=C/C(=C/c4sc5cc(-c6ccccc6)ccc5[n+]4CC(=O)[O-])CCC3CC2)Sc2ccc(SOC)cc21. The lowest BCUT2D eigenvalue weighted by Crippen LogP contribution is -2.44. The van der Waals surface area contributed by atoms with E-state index >= 15 is 0 Å². The number of hydrogen-bond donors (Lipinski definition) is 0. The number of carbonyl (C=O) groups is 1. The van der Waals surface area contributed by atoms with Crippen molar-refractivity contribution in [2.24, 2.45) is 5.92 Å². The van der Waals surface area contributed by atoms with Gasteiger partial charge in [0.1, 0.15) is 10.7 Å². The summed E-state index contributed by atoms with van der Waals surface area (Å²) >= 11 is 4.88. The first-order chi connectivity index (χ1) is 22.0. The van der Waals surface area contributed by atoms with Crippen molar-refractivity contribution < 1.29 is 18.7 Å². The van der Waals surface area contributed by atoms with Gasteiger partial charge in [-0.05, 0) is 103 Å². The zero-order chi connectivity index (χ0) is 30.9. The zero-order valence-corrected chi connectivity index (χ0v) is 27.8. The van der Waals surface area contributed by atoms with Crippen molar-refractivity contribution in [3.63, 3.8) is 0 Å². The van der Waals surface area contributed by atoms with E-state index < -0.39 is 5.97 Å². The normalized spacial score (nSPS) is 19.5. The predicted octanol–water partition coefficient (Wildman–Crippen LogP) is 8.17. The van der Waals surface area contributed by atoms with E-state index in [0.717, 1.165) is 63.5 Å². The van der Waals surface area contributed by atoms with Crippen LogP contribution in [0.5, 0.6) is 0 Å². The molecule has 1 unspecified atom stereocenters. The molecule has 8 heteroatoms. The second-order valence-electron chi connectivity index (χ2n) is 11.5. The monoisotopic (exact) mass is 650 g/mol. The molecule has 0 N–H and O–H groups in total. The highest BCUT2D eigenvalue weighted by Gasteiger charge is 2.28. The summed E-state index contributed by atoms with van der Waals surface area (Å²) in [7, 11) is 1.70. The molecule has 0 fully saturated rings. The van der Waals surface area contributed by atoms with Gasteiger partial charge in [0.2, 0.25) is 5.52 Å². The number of allylic oxidation sites excluding steroid dienone is 6. The van der Waals surface area contributed by atoms with Gasteiger partial charge in [-0.1, -0.05) is 65.6 Å². The largest absolute Gasteiger partial charge is 0.544 e. The Bertz CT molecular complexity index is 1900. The third-order valence-corrected chi connectivity index (χ3v) is 11.5. The number of fused-ring (bicyclic) bond motifs is 3. The summed E-state index contributed by atoms with van der Waals surface area (Å²) in [5, 5.41) is 14.0. The molecule has 0 saturated carbocycles. The molecule has 45 heavy (non-hydrogen) atoms. The summed E-state index contributed by atoms with van der Waals surface area (Å²) in [5.41, 5.74) is 8.43. The van der Waals surface area contributed by atoms with E-state index in [2.05, 4.69) is 78.6 Å². The summed E-state index contributed by atoms with van der Waals surface area (Å²) < 4.78 is 8.25. The molecule has 0 bridgehead atoms. The molecule has 3 aromatic carbocycles. The maximum Gasteiger partial charge on any atom is 0.263 e. The van der Waals surface area contributed by atoms with Gasteiger partial charge in [-0.15, -0.1) is 0 Å². The molecule has 228 valence electrons. The van der Waals surface area contributed by atoms with E-state index in [1.807, 2.05) is 40.6 Å². The summed E-state index contributed by atoms with van der Waals surface area (Å²) in [5.74, 6) is -0.511. The maximum absolute atomic E-state index is 11.8. The van der Waals surface area contributed by atoms with E-state index in [-0.39, 0.29) is 6.54 Å². The third kappa shape index (κ3) is 6.29. The lowest BCUT2D eigenvalue weighted by Gasteiger charge is -2.28. The number of aliphatic carboxylic acids is 1. The first-order valence-corrected chi connectivity index (χ1v) is 17.7. The molecule has 7 rings (SSSR count). The zero-order valence-electron chi connectivity index (χ0n) is 25.3. The number of thiazole rings is 1. The fraction of sp³-hybridized carbons (Fsp3) is 0.243. The Hall–Kier alpha value is -3.56. The fourth-order valence-corrected chi connectivity index (χ4v) is 9.37. The lowest BCUT2D eigenvalue weighted by atomic mass is 9.77. The Morgan fingerprint density at radius 1 is 1.04 bits per heavy atom. The molecule has 0 radical (unpaired) electrons. The van der Waals surface area contributed by atoms with Crippen LogP contribution >= 0.6 is 35.1 Å². The number of benzene rings is 3. The summed E-state index contributed by atoms with van der Waals surface area (Å²) in [6.45, 7) is 2.95. The molecule has 1 aromatic heterocycles. The maximum atomic E-state index is 11.8. The van der Waals surface area contributed by atoms with Gasteiger partial charge in [-0.25, -0.2) is 0 Å². The number of thioether (sulfide) groups is 1. The van der Waals surface area contributed by atoms with Crippen LogP contribution in [-0.2, 0) is 15.5 Å². The summed E-state index contributed by atoms with van der Waals surface area (Å²) in [6, 6.07) is 23.1. The Morgan fingerprint density at radius 2 is 1.89 bits per heavy atom. The van der Waals surface area contributed by atoms with E-state index in [1.54, 1.807) is 18.4 Å². The van der Waals surface area contributed by atoms with Crippen molar-refractivity contribution in [3.8, 4) is 11.1 Å². The van der Waals surface area contributed by atoms with Crippen LogP contribution in [0.15, 0.2) is 116 Å². The average molecular weight is 651 g/mol. The summed E-state index contributed by atoms with van der Waals surface area (Å²) in [4.78, 5) is 16.6. The molecule has 2 heterocycles.